The average molecular weight is 513 g/mol. The van der Waals surface area contributed by atoms with E-state index in [0.29, 0.717) is 25.1 Å². The molecule has 3 atom stereocenters. The van der Waals surface area contributed by atoms with Gasteiger partial charge >= 0.3 is 6.09 Å². The van der Waals surface area contributed by atoms with Gasteiger partial charge in [0.2, 0.25) is 0 Å². The van der Waals surface area contributed by atoms with Gasteiger partial charge in [-0.2, -0.15) is 10.4 Å². The number of carbonyl (C=O) groups excluding carboxylic acids is 1. The van der Waals surface area contributed by atoms with Crippen LogP contribution >= 0.6 is 0 Å². The smallest absolute Gasteiger partial charge is 0.412 e. The molecule has 0 radical (unpaired) electrons. The number of nitrogens with one attached hydrogen (secondary N) is 1. The molecule has 1 fully saturated rings. The highest BCUT2D eigenvalue weighted by Crippen LogP contribution is 2.39. The van der Waals surface area contributed by atoms with Gasteiger partial charge in [-0.05, 0) is 42.9 Å². The Hall–Kier alpha value is -3.46. The lowest BCUT2D eigenvalue weighted by molar-refractivity contribution is 0.00671. The Morgan fingerprint density at radius 1 is 1.46 bits per heavy atom. The summed E-state index contributed by atoms with van der Waals surface area (Å²) in [5.74, 6) is 0.323. The average Bonchev–Trinajstić information content (AvgIpc) is 3.56. The van der Waals surface area contributed by atoms with E-state index < -0.39 is 24.0 Å². The third-order valence-corrected chi connectivity index (χ3v) is 7.27. The second-order valence-corrected chi connectivity index (χ2v) is 9.51. The van der Waals surface area contributed by atoms with E-state index in [1.54, 1.807) is 6.07 Å². The number of hydrogen-bond acceptors (Lipinski definition) is 8. The van der Waals surface area contributed by atoms with Crippen molar-refractivity contribution in [2.75, 3.05) is 32.6 Å². The van der Waals surface area contributed by atoms with Gasteiger partial charge in [0, 0.05) is 38.5 Å². The maximum absolute atomic E-state index is 15.9. The van der Waals surface area contributed by atoms with Crippen LogP contribution in [0, 0.1) is 11.3 Å². The number of methoxy groups -OCH3 is 2. The number of halogens is 1. The zero-order chi connectivity index (χ0) is 26.6. The first-order chi connectivity index (χ1) is 17.8. The van der Waals surface area contributed by atoms with Crippen LogP contribution in [-0.2, 0) is 21.6 Å². The molecule has 1 aromatic carbocycles. The van der Waals surface area contributed by atoms with E-state index in [1.807, 2.05) is 17.0 Å². The summed E-state index contributed by atoms with van der Waals surface area (Å²) in [6.45, 7) is 1.03. The Labute approximate surface area is 215 Å². The first-order valence-electron chi connectivity index (χ1n) is 12.3. The highest BCUT2D eigenvalue weighted by molar-refractivity contribution is 5.84. The van der Waals surface area contributed by atoms with Gasteiger partial charge in [-0.15, -0.1) is 0 Å². The van der Waals surface area contributed by atoms with Gasteiger partial charge in [0.25, 0.3) is 0 Å². The SMILES string of the molecule is COC(=O)Nc1nn(C2(CC#N)CCN(Cc3ccc(C4=CCCC4)c(O)c3)CC2F)cc1C(N)OC. The Morgan fingerprint density at radius 3 is 2.89 bits per heavy atom. The van der Waals surface area contributed by atoms with Crippen molar-refractivity contribution in [1.29, 1.82) is 5.26 Å². The number of nitrogens with zero attached hydrogens (tertiary/aromatic N) is 4. The van der Waals surface area contributed by atoms with Crippen molar-refractivity contribution in [3.8, 4) is 11.8 Å². The quantitative estimate of drug-likeness (QED) is 0.454. The third kappa shape index (κ3) is 5.46. The number of phenols is 1. The number of nitrogens with two attached hydrogens (primary N) is 1. The summed E-state index contributed by atoms with van der Waals surface area (Å²) in [6, 6.07) is 7.75. The number of benzene rings is 1. The Bertz CT molecular complexity index is 1210. The molecule has 11 heteroatoms. The fourth-order valence-electron chi connectivity index (χ4n) is 5.13. The molecular formula is C26H33FN6O4. The molecular weight excluding hydrogens is 479 g/mol. The molecule has 0 spiro atoms. The first kappa shape index (κ1) is 26.6. The normalized spacial score (nSPS) is 22.8. The lowest BCUT2D eigenvalue weighted by atomic mass is 9.83. The van der Waals surface area contributed by atoms with E-state index in [0.717, 1.165) is 30.4 Å². The number of rotatable bonds is 8. The molecule has 0 saturated carbocycles. The predicted molar refractivity (Wildman–Crippen MR) is 135 cm³/mol. The van der Waals surface area contributed by atoms with Crippen LogP contribution in [0.4, 0.5) is 15.0 Å². The number of alkyl halides is 1. The zero-order valence-electron chi connectivity index (χ0n) is 21.1. The van der Waals surface area contributed by atoms with Crippen LogP contribution < -0.4 is 11.1 Å². The second kappa shape index (κ2) is 11.3. The summed E-state index contributed by atoms with van der Waals surface area (Å²) in [6.07, 6.45) is 3.85. The van der Waals surface area contributed by atoms with Gasteiger partial charge in [-0.3, -0.25) is 14.9 Å². The number of aromatic hydroxyl groups is 1. The molecule has 2 aromatic rings. The van der Waals surface area contributed by atoms with E-state index in [-0.39, 0.29) is 24.5 Å². The third-order valence-electron chi connectivity index (χ3n) is 7.27. The molecule has 1 aromatic heterocycles. The Morgan fingerprint density at radius 2 is 2.27 bits per heavy atom. The lowest BCUT2D eigenvalue weighted by Gasteiger charge is -2.43. The summed E-state index contributed by atoms with van der Waals surface area (Å²) in [5, 5.41) is 27.0. The van der Waals surface area contributed by atoms with Crippen molar-refractivity contribution in [2.45, 2.75) is 56.6 Å². The molecule has 4 rings (SSSR count). The largest absolute Gasteiger partial charge is 0.507 e. The molecule has 3 unspecified atom stereocenters. The van der Waals surface area contributed by atoms with E-state index in [4.69, 9.17) is 10.5 Å². The minimum Gasteiger partial charge on any atom is -0.507 e. The van der Waals surface area contributed by atoms with Crippen LogP contribution in [0.25, 0.3) is 5.57 Å². The van der Waals surface area contributed by atoms with E-state index in [2.05, 4.69) is 27.3 Å². The van der Waals surface area contributed by atoms with E-state index in [9.17, 15) is 15.2 Å². The number of likely N-dealkylation sites (tertiary alicyclic amines) is 1. The van der Waals surface area contributed by atoms with Crippen molar-refractivity contribution in [3.63, 3.8) is 0 Å². The summed E-state index contributed by atoms with van der Waals surface area (Å²) in [5.41, 5.74) is 8.02. The molecule has 198 valence electrons. The van der Waals surface area contributed by atoms with Crippen molar-refractivity contribution in [2.24, 2.45) is 5.73 Å². The highest BCUT2D eigenvalue weighted by Gasteiger charge is 2.46. The number of carbonyl (C=O) groups is 1. The van der Waals surface area contributed by atoms with Crippen LogP contribution in [-0.4, -0.2) is 59.4 Å². The number of aromatic nitrogens is 2. The maximum atomic E-state index is 15.9. The molecule has 2 aliphatic rings. The number of anilines is 1. The number of allylic oxidation sites excluding steroid dienone is 2. The summed E-state index contributed by atoms with van der Waals surface area (Å²) in [7, 11) is 2.62. The number of amides is 1. The Balaban J connectivity index is 1.54. The number of hydrogen-bond donors (Lipinski definition) is 3. The zero-order valence-corrected chi connectivity index (χ0v) is 21.1. The molecule has 1 aliphatic heterocycles. The molecule has 1 amide bonds. The molecule has 10 nitrogen and oxygen atoms in total. The van der Waals surface area contributed by atoms with Crippen LogP contribution in [0.15, 0.2) is 30.5 Å². The van der Waals surface area contributed by atoms with Crippen LogP contribution in [0.2, 0.25) is 0 Å². The second-order valence-electron chi connectivity index (χ2n) is 9.51. The summed E-state index contributed by atoms with van der Waals surface area (Å²) in [4.78, 5) is 13.8. The minimum absolute atomic E-state index is 0.0701. The van der Waals surface area contributed by atoms with Gasteiger partial charge in [0.15, 0.2) is 5.82 Å². The monoisotopic (exact) mass is 512 g/mol. The van der Waals surface area contributed by atoms with Crippen LogP contribution in [0.1, 0.15) is 55.0 Å². The summed E-state index contributed by atoms with van der Waals surface area (Å²) >= 11 is 0. The number of phenolic OH excluding ortho intramolecular Hbond substituents is 1. The fraction of sp³-hybridized carbons (Fsp3) is 0.500. The number of ether oxygens (including phenoxy) is 2. The van der Waals surface area contributed by atoms with E-state index >= 15 is 4.39 Å². The van der Waals surface area contributed by atoms with Gasteiger partial charge in [-0.1, -0.05) is 18.2 Å². The standard InChI is InChI=1S/C26H33FN6O4/c1-36-23(29)20-15-33(31-24(20)30-25(35)37-2)26(9-11-28)10-12-32(16-22(26)27)14-17-7-8-19(21(34)13-17)18-5-3-4-6-18/h5,7-8,13,15,22-23,34H,3-4,6,9-10,12,14,16,29H2,1-2H3,(H,30,31,35). The van der Waals surface area contributed by atoms with Crippen molar-refractivity contribution in [1.82, 2.24) is 14.7 Å². The van der Waals surface area contributed by atoms with Gasteiger partial charge in [0.1, 0.15) is 23.7 Å². The molecule has 4 N–H and O–H groups in total. The molecule has 37 heavy (non-hydrogen) atoms. The minimum atomic E-state index is -1.44. The van der Waals surface area contributed by atoms with Crippen LogP contribution in [0.5, 0.6) is 5.75 Å². The van der Waals surface area contributed by atoms with Crippen molar-refractivity contribution in [3.05, 3.63) is 47.2 Å². The highest BCUT2D eigenvalue weighted by atomic mass is 19.1. The molecule has 0 bridgehead atoms. The number of nitriles is 1. The van der Waals surface area contributed by atoms with E-state index in [1.165, 1.54) is 30.7 Å². The first-order valence-corrected chi connectivity index (χ1v) is 12.3. The Kier molecular flexibility index (Phi) is 8.12. The molecule has 1 saturated heterocycles. The van der Waals surface area contributed by atoms with Crippen molar-refractivity contribution < 1.29 is 23.8 Å². The summed E-state index contributed by atoms with van der Waals surface area (Å²) < 4.78 is 27.2. The van der Waals surface area contributed by atoms with Gasteiger partial charge in [0.05, 0.1) is 25.2 Å². The topological polar surface area (TPSA) is 139 Å². The predicted octanol–water partition coefficient (Wildman–Crippen LogP) is 3.79. The molecule has 2 heterocycles. The van der Waals surface area contributed by atoms with Crippen molar-refractivity contribution >= 4 is 17.5 Å². The molecule has 1 aliphatic carbocycles. The van der Waals surface area contributed by atoms with Crippen LogP contribution in [0.3, 0.4) is 0 Å². The maximum Gasteiger partial charge on any atom is 0.412 e. The number of piperidine rings is 1. The lowest BCUT2D eigenvalue weighted by Crippen LogP contribution is -2.54. The van der Waals surface area contributed by atoms with Gasteiger partial charge in [-0.25, -0.2) is 9.18 Å². The van der Waals surface area contributed by atoms with Gasteiger partial charge < -0.3 is 20.3 Å². The fourth-order valence-corrected chi connectivity index (χ4v) is 5.13.